The third-order valence-corrected chi connectivity index (χ3v) is 2.42. The summed E-state index contributed by atoms with van der Waals surface area (Å²) in [5.74, 6) is 0.782. The quantitative estimate of drug-likeness (QED) is 0.800. The summed E-state index contributed by atoms with van der Waals surface area (Å²) in [5, 5.41) is 0. The van der Waals surface area contributed by atoms with Gasteiger partial charge in [0.05, 0.1) is 20.3 Å². The molecule has 6 heteroatoms. The highest BCUT2D eigenvalue weighted by Crippen LogP contribution is 2.19. The van der Waals surface area contributed by atoms with Crippen molar-refractivity contribution >= 4 is 0 Å². The molecule has 0 saturated heterocycles. The second kappa shape index (κ2) is 5.67. The number of hydrogen-bond acceptors (Lipinski definition) is 6. The van der Waals surface area contributed by atoms with Crippen molar-refractivity contribution in [3.05, 3.63) is 6.07 Å². The van der Waals surface area contributed by atoms with Gasteiger partial charge in [-0.1, -0.05) is 6.92 Å². The lowest BCUT2D eigenvalue weighted by Gasteiger charge is -2.21. The smallest absolute Gasteiger partial charge is 0.323 e. The molecule has 1 atom stereocenters. The van der Waals surface area contributed by atoms with Crippen molar-refractivity contribution in [2.75, 3.05) is 20.8 Å². The molecule has 1 rings (SSSR count). The van der Waals surface area contributed by atoms with Crippen molar-refractivity contribution in [1.82, 2.24) is 9.97 Å². The van der Waals surface area contributed by atoms with E-state index < -0.39 is 5.54 Å². The third-order valence-electron chi connectivity index (χ3n) is 2.42. The molecular weight excluding hydrogens is 222 g/mol. The van der Waals surface area contributed by atoms with Crippen LogP contribution in [0, 0.1) is 0 Å². The average Bonchev–Trinajstić information content (AvgIpc) is 2.36. The van der Waals surface area contributed by atoms with Crippen molar-refractivity contribution in [3.8, 4) is 17.8 Å². The van der Waals surface area contributed by atoms with Crippen LogP contribution in [0.2, 0.25) is 0 Å². The Kier molecular flexibility index (Phi) is 4.51. The molecule has 0 bridgehead atoms. The Morgan fingerprint density at radius 1 is 1.24 bits per heavy atom. The van der Waals surface area contributed by atoms with Crippen molar-refractivity contribution in [3.63, 3.8) is 0 Å². The first-order chi connectivity index (χ1) is 8.00. The Labute approximate surface area is 101 Å². The topological polar surface area (TPSA) is 79.5 Å². The van der Waals surface area contributed by atoms with Crippen LogP contribution in [0.3, 0.4) is 0 Å². The van der Waals surface area contributed by atoms with E-state index in [0.717, 1.165) is 6.42 Å². The van der Waals surface area contributed by atoms with Gasteiger partial charge < -0.3 is 19.9 Å². The van der Waals surface area contributed by atoms with E-state index in [4.69, 9.17) is 19.9 Å². The Hall–Kier alpha value is -1.56. The Bertz CT molecular complexity index is 347. The van der Waals surface area contributed by atoms with Crippen LogP contribution in [0.4, 0.5) is 0 Å². The van der Waals surface area contributed by atoms with Gasteiger partial charge in [-0.15, -0.1) is 0 Å². The number of nitrogens with two attached hydrogens (primary N) is 1. The van der Waals surface area contributed by atoms with Gasteiger partial charge in [-0.2, -0.15) is 9.97 Å². The molecular formula is C11H19N3O3. The summed E-state index contributed by atoms with van der Waals surface area (Å²) in [6.07, 6.45) is 0.800. The van der Waals surface area contributed by atoms with E-state index in [1.807, 2.05) is 13.8 Å². The molecule has 2 N–H and O–H groups in total. The molecule has 6 nitrogen and oxygen atoms in total. The molecule has 0 radical (unpaired) electrons. The fourth-order valence-corrected chi connectivity index (χ4v) is 0.989. The summed E-state index contributed by atoms with van der Waals surface area (Å²) in [4.78, 5) is 8.09. The lowest BCUT2D eigenvalue weighted by molar-refractivity contribution is 0.205. The van der Waals surface area contributed by atoms with Crippen LogP contribution in [0.25, 0.3) is 0 Å². The van der Waals surface area contributed by atoms with Crippen LogP contribution in [-0.2, 0) is 0 Å². The number of nitrogens with zero attached hydrogens (tertiary/aromatic N) is 2. The van der Waals surface area contributed by atoms with Crippen LogP contribution in [0.5, 0.6) is 17.8 Å². The van der Waals surface area contributed by atoms with Gasteiger partial charge in [0, 0.05) is 5.54 Å². The van der Waals surface area contributed by atoms with Gasteiger partial charge in [-0.3, -0.25) is 0 Å². The highest BCUT2D eigenvalue weighted by molar-refractivity contribution is 5.22. The summed E-state index contributed by atoms with van der Waals surface area (Å²) in [6, 6.07) is 1.78. The van der Waals surface area contributed by atoms with Crippen molar-refractivity contribution in [2.45, 2.75) is 25.8 Å². The van der Waals surface area contributed by atoms with Crippen molar-refractivity contribution in [1.29, 1.82) is 0 Å². The maximum Gasteiger partial charge on any atom is 0.323 e. The van der Waals surface area contributed by atoms with Gasteiger partial charge >= 0.3 is 6.01 Å². The standard InChI is InChI=1S/C11H19N3O3/c1-5-11(2,12)7-17-10-13-8(15-3)6-9(14-10)16-4/h6H,5,7,12H2,1-4H3. The van der Waals surface area contributed by atoms with E-state index in [2.05, 4.69) is 9.97 Å². The third kappa shape index (κ3) is 4.07. The lowest BCUT2D eigenvalue weighted by Crippen LogP contribution is -2.41. The van der Waals surface area contributed by atoms with Gasteiger partial charge in [0.15, 0.2) is 0 Å². The van der Waals surface area contributed by atoms with E-state index >= 15 is 0 Å². The predicted molar refractivity (Wildman–Crippen MR) is 63.5 cm³/mol. The molecule has 1 aromatic rings. The molecule has 96 valence electrons. The van der Waals surface area contributed by atoms with Crippen LogP contribution < -0.4 is 19.9 Å². The number of hydrogen-bond donors (Lipinski definition) is 1. The second-order valence-electron chi connectivity index (χ2n) is 4.03. The van der Waals surface area contributed by atoms with Crippen LogP contribution in [0.1, 0.15) is 20.3 Å². The minimum Gasteiger partial charge on any atom is -0.481 e. The highest BCUT2D eigenvalue weighted by Gasteiger charge is 2.18. The van der Waals surface area contributed by atoms with Gasteiger partial charge in [0.25, 0.3) is 0 Å². The van der Waals surface area contributed by atoms with Gasteiger partial charge in [0.1, 0.15) is 6.61 Å². The molecule has 0 fully saturated rings. The molecule has 1 unspecified atom stereocenters. The number of rotatable bonds is 6. The Morgan fingerprint density at radius 3 is 2.18 bits per heavy atom. The largest absolute Gasteiger partial charge is 0.481 e. The summed E-state index contributed by atoms with van der Waals surface area (Å²) in [5.41, 5.74) is 5.56. The van der Waals surface area contributed by atoms with Gasteiger partial charge in [0.2, 0.25) is 11.8 Å². The SMILES string of the molecule is CCC(C)(N)COc1nc(OC)cc(OC)n1. The first-order valence-corrected chi connectivity index (χ1v) is 5.39. The fraction of sp³-hybridized carbons (Fsp3) is 0.636. The van der Waals surface area contributed by atoms with E-state index in [9.17, 15) is 0 Å². The second-order valence-corrected chi connectivity index (χ2v) is 4.03. The Morgan fingerprint density at radius 2 is 1.76 bits per heavy atom. The lowest BCUT2D eigenvalue weighted by atomic mass is 10.0. The van der Waals surface area contributed by atoms with Crippen molar-refractivity contribution in [2.24, 2.45) is 5.73 Å². The monoisotopic (exact) mass is 241 g/mol. The van der Waals surface area contributed by atoms with E-state index in [1.54, 1.807) is 6.07 Å². The summed E-state index contributed by atoms with van der Waals surface area (Å²) in [6.45, 7) is 4.24. The Balaban J connectivity index is 2.76. The summed E-state index contributed by atoms with van der Waals surface area (Å²) < 4.78 is 15.5. The van der Waals surface area contributed by atoms with Gasteiger partial charge in [-0.25, -0.2) is 0 Å². The van der Waals surface area contributed by atoms with E-state index in [-0.39, 0.29) is 6.01 Å². The first kappa shape index (κ1) is 13.5. The molecule has 1 aromatic heterocycles. The maximum atomic E-state index is 5.96. The molecule has 0 saturated carbocycles. The molecule has 1 heterocycles. The van der Waals surface area contributed by atoms with E-state index in [1.165, 1.54) is 14.2 Å². The fourth-order valence-electron chi connectivity index (χ4n) is 0.989. The molecule has 0 spiro atoms. The molecule has 0 aliphatic heterocycles. The van der Waals surface area contributed by atoms with Crippen LogP contribution in [-0.4, -0.2) is 36.3 Å². The minimum atomic E-state index is -0.403. The van der Waals surface area contributed by atoms with Crippen molar-refractivity contribution < 1.29 is 14.2 Å². The molecule has 0 aromatic carbocycles. The zero-order valence-corrected chi connectivity index (χ0v) is 10.7. The van der Waals surface area contributed by atoms with Gasteiger partial charge in [-0.05, 0) is 13.3 Å². The molecule has 17 heavy (non-hydrogen) atoms. The normalized spacial score (nSPS) is 13.9. The predicted octanol–water partition coefficient (Wildman–Crippen LogP) is 1.00. The number of aromatic nitrogens is 2. The average molecular weight is 241 g/mol. The van der Waals surface area contributed by atoms with Crippen LogP contribution in [0.15, 0.2) is 6.07 Å². The number of methoxy groups -OCH3 is 2. The number of ether oxygens (including phenoxy) is 3. The molecule has 0 aliphatic rings. The molecule has 0 aliphatic carbocycles. The van der Waals surface area contributed by atoms with E-state index in [0.29, 0.717) is 18.4 Å². The summed E-state index contributed by atoms with van der Waals surface area (Å²) in [7, 11) is 3.04. The molecule has 0 amide bonds. The minimum absolute atomic E-state index is 0.200. The maximum absolute atomic E-state index is 5.96. The zero-order valence-electron chi connectivity index (χ0n) is 10.7. The first-order valence-electron chi connectivity index (χ1n) is 5.39. The summed E-state index contributed by atoms with van der Waals surface area (Å²) >= 11 is 0. The highest BCUT2D eigenvalue weighted by atomic mass is 16.5. The van der Waals surface area contributed by atoms with Crippen LogP contribution >= 0.6 is 0 Å². The zero-order chi connectivity index (χ0) is 12.9.